The van der Waals surface area contributed by atoms with E-state index in [4.69, 9.17) is 14.2 Å². The Bertz CT molecular complexity index is 1560. The molecule has 0 spiro atoms. The van der Waals surface area contributed by atoms with Crippen molar-refractivity contribution in [1.82, 2.24) is 5.32 Å². The first-order chi connectivity index (χ1) is 38.7. The van der Waals surface area contributed by atoms with Crippen molar-refractivity contribution >= 4 is 11.9 Å². The first kappa shape index (κ1) is 74.1. The number of unbranched alkanes of at least 4 members (excludes halogenated alkanes) is 31. The third kappa shape index (κ3) is 43.5. The predicted molar refractivity (Wildman–Crippen MR) is 329 cm³/mol. The van der Waals surface area contributed by atoms with Crippen LogP contribution in [0.2, 0.25) is 0 Å². The Morgan fingerprint density at radius 1 is 0.494 bits per heavy atom. The maximum atomic E-state index is 13.4. The van der Waals surface area contributed by atoms with Gasteiger partial charge in [-0.05, 0) is 96.3 Å². The molecule has 79 heavy (non-hydrogen) atoms. The number of aliphatic hydroxyl groups excluding tert-OH is 5. The largest absolute Gasteiger partial charge is 0.454 e. The number of hydrogen-bond donors (Lipinski definition) is 6. The molecule has 1 fully saturated rings. The van der Waals surface area contributed by atoms with Crippen LogP contribution in [0.15, 0.2) is 72.9 Å². The van der Waals surface area contributed by atoms with Gasteiger partial charge < -0.3 is 45.1 Å². The molecule has 1 amide bonds. The number of amides is 1. The fraction of sp³-hybridized carbons (Fsp3) is 0.794. The molecule has 0 radical (unpaired) electrons. The zero-order valence-electron chi connectivity index (χ0n) is 50.7. The van der Waals surface area contributed by atoms with Crippen LogP contribution >= 0.6 is 0 Å². The Labute approximate surface area is 483 Å². The molecule has 458 valence electrons. The van der Waals surface area contributed by atoms with Crippen LogP contribution in [0, 0.1) is 0 Å². The lowest BCUT2D eigenvalue weighted by molar-refractivity contribution is -0.305. The van der Waals surface area contributed by atoms with Crippen molar-refractivity contribution in [2.45, 2.75) is 333 Å². The van der Waals surface area contributed by atoms with Gasteiger partial charge in [-0.3, -0.25) is 9.59 Å². The van der Waals surface area contributed by atoms with E-state index in [9.17, 15) is 35.1 Å². The van der Waals surface area contributed by atoms with Crippen molar-refractivity contribution in [2.75, 3.05) is 13.2 Å². The second-order valence-corrected chi connectivity index (χ2v) is 22.5. The van der Waals surface area contributed by atoms with E-state index in [2.05, 4.69) is 86.8 Å². The average Bonchev–Trinajstić information content (AvgIpc) is 3.49. The highest BCUT2D eigenvalue weighted by atomic mass is 16.7. The van der Waals surface area contributed by atoms with Crippen LogP contribution in [-0.2, 0) is 23.8 Å². The van der Waals surface area contributed by atoms with E-state index in [-0.39, 0.29) is 19.4 Å². The molecular weight excluding hydrogens is 991 g/mol. The van der Waals surface area contributed by atoms with E-state index in [0.29, 0.717) is 12.8 Å². The Hall–Kier alpha value is -2.90. The lowest BCUT2D eigenvalue weighted by atomic mass is 9.99. The topological polar surface area (TPSA) is 175 Å². The number of aliphatic hydroxyl groups is 5. The number of carbonyl (C=O) groups excluding carboxylic acids is 2. The lowest BCUT2D eigenvalue weighted by Gasteiger charge is -2.41. The van der Waals surface area contributed by atoms with E-state index >= 15 is 0 Å². The molecule has 0 aromatic carbocycles. The number of ether oxygens (including phenoxy) is 3. The maximum absolute atomic E-state index is 13.4. The van der Waals surface area contributed by atoms with Gasteiger partial charge in [0.25, 0.3) is 0 Å². The van der Waals surface area contributed by atoms with Crippen LogP contribution in [0.4, 0.5) is 0 Å². The molecule has 0 aliphatic carbocycles. The molecule has 1 rings (SSSR count). The number of hydrogen-bond acceptors (Lipinski definition) is 10. The summed E-state index contributed by atoms with van der Waals surface area (Å²) in [6.07, 6.45) is 60.7. The Morgan fingerprint density at radius 2 is 0.873 bits per heavy atom. The summed E-state index contributed by atoms with van der Waals surface area (Å²) < 4.78 is 17.6. The molecular formula is C68H121NO10. The number of allylic oxidation sites excluding steroid dienone is 11. The number of carbonyl (C=O) groups is 2. The first-order valence-corrected chi connectivity index (χ1v) is 32.7. The minimum absolute atomic E-state index is 0.100. The summed E-state index contributed by atoms with van der Waals surface area (Å²) >= 11 is 0. The zero-order chi connectivity index (χ0) is 57.5. The molecule has 11 nitrogen and oxygen atoms in total. The second-order valence-electron chi connectivity index (χ2n) is 22.5. The normalized spacial score (nSPS) is 19.3. The quantitative estimate of drug-likeness (QED) is 0.0195. The van der Waals surface area contributed by atoms with Crippen LogP contribution in [0.25, 0.3) is 0 Å². The Kier molecular flexibility index (Phi) is 52.2. The van der Waals surface area contributed by atoms with Crippen LogP contribution < -0.4 is 5.32 Å². The van der Waals surface area contributed by atoms with Gasteiger partial charge in [0, 0.05) is 6.42 Å². The molecule has 6 N–H and O–H groups in total. The SMILES string of the molecule is CCCCC/C=C\C/C=C\C/C=C\C/C=C\CCCCCCCC(=O)OC1C(OCC(NC(=O)C(O)CCCCCCCC/C=C/CCCCCCCC)C(O)/C=C/CCCCCCCCCCCCC)OC(CO)C(O)C1O. The Balaban J connectivity index is 2.68. The Morgan fingerprint density at radius 3 is 1.34 bits per heavy atom. The van der Waals surface area contributed by atoms with Crippen LogP contribution in [-0.4, -0.2) is 99.6 Å². The highest BCUT2D eigenvalue weighted by Gasteiger charge is 2.47. The first-order valence-electron chi connectivity index (χ1n) is 32.7. The summed E-state index contributed by atoms with van der Waals surface area (Å²) in [6.45, 7) is 5.76. The van der Waals surface area contributed by atoms with Gasteiger partial charge >= 0.3 is 5.97 Å². The van der Waals surface area contributed by atoms with Crippen LogP contribution in [0.5, 0.6) is 0 Å². The smallest absolute Gasteiger partial charge is 0.306 e. The molecule has 8 unspecified atom stereocenters. The van der Waals surface area contributed by atoms with Gasteiger partial charge in [0.15, 0.2) is 12.4 Å². The number of nitrogens with one attached hydrogen (secondary N) is 1. The van der Waals surface area contributed by atoms with Crippen molar-refractivity contribution in [3.63, 3.8) is 0 Å². The summed E-state index contributed by atoms with van der Waals surface area (Å²) in [4.78, 5) is 26.6. The summed E-state index contributed by atoms with van der Waals surface area (Å²) in [7, 11) is 0. The van der Waals surface area contributed by atoms with Crippen molar-refractivity contribution in [2.24, 2.45) is 0 Å². The highest BCUT2D eigenvalue weighted by molar-refractivity contribution is 5.80. The van der Waals surface area contributed by atoms with Gasteiger partial charge in [0.05, 0.1) is 25.4 Å². The molecule has 0 aromatic rings. The third-order valence-corrected chi connectivity index (χ3v) is 15.1. The van der Waals surface area contributed by atoms with Crippen LogP contribution in [0.3, 0.4) is 0 Å². The van der Waals surface area contributed by atoms with Crippen molar-refractivity contribution < 1.29 is 49.3 Å². The van der Waals surface area contributed by atoms with Gasteiger partial charge in [0.2, 0.25) is 5.91 Å². The molecule has 0 aromatic heterocycles. The average molecular weight is 1110 g/mol. The summed E-state index contributed by atoms with van der Waals surface area (Å²) in [5.74, 6) is -1.22. The van der Waals surface area contributed by atoms with E-state index in [1.54, 1.807) is 6.08 Å². The fourth-order valence-electron chi connectivity index (χ4n) is 9.86. The molecule has 1 aliphatic heterocycles. The minimum Gasteiger partial charge on any atom is -0.454 e. The lowest BCUT2D eigenvalue weighted by Crippen LogP contribution is -2.61. The van der Waals surface area contributed by atoms with Crippen molar-refractivity contribution in [1.29, 1.82) is 0 Å². The van der Waals surface area contributed by atoms with Gasteiger partial charge in [-0.2, -0.15) is 0 Å². The van der Waals surface area contributed by atoms with Gasteiger partial charge in [-0.1, -0.05) is 254 Å². The molecule has 1 heterocycles. The predicted octanol–water partition coefficient (Wildman–Crippen LogP) is 16.0. The molecule has 8 atom stereocenters. The molecule has 0 saturated carbocycles. The van der Waals surface area contributed by atoms with Gasteiger partial charge in [-0.25, -0.2) is 0 Å². The molecule has 1 aliphatic rings. The van der Waals surface area contributed by atoms with Gasteiger partial charge in [-0.15, -0.1) is 0 Å². The highest BCUT2D eigenvalue weighted by Crippen LogP contribution is 2.26. The number of rotatable bonds is 55. The monoisotopic (exact) mass is 1110 g/mol. The zero-order valence-corrected chi connectivity index (χ0v) is 50.7. The molecule has 0 bridgehead atoms. The maximum Gasteiger partial charge on any atom is 0.306 e. The van der Waals surface area contributed by atoms with E-state index in [0.717, 1.165) is 103 Å². The van der Waals surface area contributed by atoms with E-state index in [1.165, 1.54) is 135 Å². The molecule has 1 saturated heterocycles. The minimum atomic E-state index is -1.63. The van der Waals surface area contributed by atoms with E-state index < -0.39 is 67.4 Å². The number of esters is 1. The van der Waals surface area contributed by atoms with E-state index in [1.807, 2.05) is 6.08 Å². The fourth-order valence-corrected chi connectivity index (χ4v) is 9.86. The summed E-state index contributed by atoms with van der Waals surface area (Å²) in [6, 6.07) is -1.03. The summed E-state index contributed by atoms with van der Waals surface area (Å²) in [5, 5.41) is 57.1. The van der Waals surface area contributed by atoms with Crippen molar-refractivity contribution in [3.8, 4) is 0 Å². The standard InChI is InChI=1S/C68H121NO10/c1-4-7-10-13-16-19-22-25-27-29-30-31-32-33-35-38-41-44-47-50-53-56-63(73)79-66-65(75)64(74)62(57-70)78-68(66)77-58-59(60(71)54-51-48-45-42-39-36-24-21-18-15-12-9-6-3)69-67(76)61(72)55-52-49-46-43-40-37-34-28-26-23-20-17-14-11-8-5-2/h16,19,25-28,30-31,33,35,51,54,59-62,64-66,68,70-72,74-75H,4-15,17-18,20-24,29,32,34,36-50,52-53,55-58H2,1-3H3,(H,69,76)/b19-16-,27-25-,28-26+,31-30-,35-33-,54-51+. The second kappa shape index (κ2) is 55.6. The van der Waals surface area contributed by atoms with Gasteiger partial charge in [0.1, 0.15) is 24.4 Å². The van der Waals surface area contributed by atoms with Crippen LogP contribution in [0.1, 0.15) is 284 Å². The molecule has 11 heteroatoms. The third-order valence-electron chi connectivity index (χ3n) is 15.1. The summed E-state index contributed by atoms with van der Waals surface area (Å²) in [5.41, 5.74) is 0. The van der Waals surface area contributed by atoms with Crippen molar-refractivity contribution in [3.05, 3.63) is 72.9 Å².